The van der Waals surface area contributed by atoms with Crippen LogP contribution in [0.1, 0.15) is 18.1 Å². The SMILES string of the molecule is CCOC(=O)Nc1ccc(NCc2ccc(OCc3ccc(Cl)cc3)cc2)[nH+]c1N.[Cl-]. The van der Waals surface area contributed by atoms with Crippen molar-refractivity contribution in [1.82, 2.24) is 0 Å². The Morgan fingerprint density at radius 1 is 1.03 bits per heavy atom. The molecule has 1 amide bonds. The second-order valence-corrected chi connectivity index (χ2v) is 6.89. The first-order valence-electron chi connectivity index (χ1n) is 9.49. The molecule has 0 unspecified atom stereocenters. The Morgan fingerprint density at radius 3 is 2.35 bits per heavy atom. The molecule has 0 saturated heterocycles. The Kier molecular flexibility index (Phi) is 9.24. The summed E-state index contributed by atoms with van der Waals surface area (Å²) in [5, 5.41) is 6.54. The van der Waals surface area contributed by atoms with Gasteiger partial charge >= 0.3 is 6.09 Å². The van der Waals surface area contributed by atoms with E-state index in [1.807, 2.05) is 48.5 Å². The van der Waals surface area contributed by atoms with Gasteiger partial charge < -0.3 is 32.9 Å². The number of carbonyl (C=O) groups is 1. The lowest BCUT2D eigenvalue weighted by molar-refractivity contribution is -0.342. The Hall–Kier alpha value is -3.16. The average Bonchev–Trinajstić information content (AvgIpc) is 2.74. The summed E-state index contributed by atoms with van der Waals surface area (Å²) in [6, 6.07) is 18.9. The second-order valence-electron chi connectivity index (χ2n) is 6.46. The van der Waals surface area contributed by atoms with Crippen LogP contribution < -0.4 is 38.5 Å². The van der Waals surface area contributed by atoms with Crippen LogP contribution in [0.25, 0.3) is 0 Å². The van der Waals surface area contributed by atoms with Gasteiger partial charge in [-0.05, 0) is 48.4 Å². The van der Waals surface area contributed by atoms with Gasteiger partial charge in [-0.25, -0.2) is 9.78 Å². The first-order valence-corrected chi connectivity index (χ1v) is 9.87. The van der Waals surface area contributed by atoms with Crippen LogP contribution in [0.3, 0.4) is 0 Å². The summed E-state index contributed by atoms with van der Waals surface area (Å²) in [6.07, 6.45) is -0.545. The van der Waals surface area contributed by atoms with Gasteiger partial charge in [0, 0.05) is 11.1 Å². The largest absolute Gasteiger partial charge is 1.00 e. The van der Waals surface area contributed by atoms with Crippen LogP contribution in [-0.2, 0) is 17.9 Å². The van der Waals surface area contributed by atoms with E-state index in [1.165, 1.54) is 0 Å². The van der Waals surface area contributed by atoms with Gasteiger partial charge in [0.1, 0.15) is 18.0 Å². The van der Waals surface area contributed by atoms with Crippen LogP contribution in [-0.4, -0.2) is 12.7 Å². The number of H-pyrrole nitrogens is 1. The molecule has 2 aromatic carbocycles. The second kappa shape index (κ2) is 11.9. The number of nitrogens with one attached hydrogen (secondary N) is 3. The monoisotopic (exact) mass is 462 g/mol. The Labute approximate surface area is 192 Å². The van der Waals surface area contributed by atoms with Crippen molar-refractivity contribution < 1.29 is 31.7 Å². The molecule has 0 fully saturated rings. The van der Waals surface area contributed by atoms with Crippen LogP contribution >= 0.6 is 11.6 Å². The molecular formula is C22H24Cl2N4O3. The van der Waals surface area contributed by atoms with Crippen LogP contribution in [0, 0.1) is 0 Å². The summed E-state index contributed by atoms with van der Waals surface area (Å²) < 4.78 is 10.6. The van der Waals surface area contributed by atoms with E-state index in [9.17, 15) is 4.79 Å². The molecule has 1 aromatic heterocycles. The molecule has 1 heterocycles. The van der Waals surface area contributed by atoms with Crippen LogP contribution in [0.4, 0.5) is 22.1 Å². The highest BCUT2D eigenvalue weighted by atomic mass is 35.5. The van der Waals surface area contributed by atoms with Gasteiger partial charge in [-0.15, -0.1) is 0 Å². The van der Waals surface area contributed by atoms with Gasteiger partial charge in [0.05, 0.1) is 13.2 Å². The molecule has 0 spiro atoms. The number of ether oxygens (including phenoxy) is 2. The predicted octanol–water partition coefficient (Wildman–Crippen LogP) is 1.50. The minimum atomic E-state index is -0.545. The first kappa shape index (κ1) is 24.1. The zero-order valence-corrected chi connectivity index (χ0v) is 18.5. The van der Waals surface area contributed by atoms with Gasteiger partial charge in [-0.2, -0.15) is 0 Å². The third kappa shape index (κ3) is 7.55. The number of amides is 1. The van der Waals surface area contributed by atoms with Crippen molar-refractivity contribution in [2.24, 2.45) is 0 Å². The summed E-state index contributed by atoms with van der Waals surface area (Å²) in [6.45, 7) is 3.10. The minimum Gasteiger partial charge on any atom is -1.00 e. The van der Waals surface area contributed by atoms with E-state index in [0.717, 1.165) is 22.7 Å². The number of hydrogen-bond acceptors (Lipinski definition) is 5. The number of aromatic nitrogens is 1. The molecule has 31 heavy (non-hydrogen) atoms. The molecule has 0 saturated carbocycles. The maximum Gasteiger partial charge on any atom is 0.411 e. The number of anilines is 3. The van der Waals surface area contributed by atoms with Crippen molar-refractivity contribution in [3.8, 4) is 5.75 Å². The fraction of sp³-hybridized carbons (Fsp3) is 0.182. The lowest BCUT2D eigenvalue weighted by atomic mass is 10.2. The number of carbonyl (C=O) groups excluding carboxylic acids is 1. The molecule has 3 rings (SSSR count). The molecule has 0 aliphatic carbocycles. The predicted molar refractivity (Wildman–Crippen MR) is 118 cm³/mol. The number of rotatable bonds is 8. The zero-order valence-electron chi connectivity index (χ0n) is 17.0. The molecule has 7 nitrogen and oxygen atoms in total. The third-order valence-corrected chi connectivity index (χ3v) is 4.47. The molecular weight excluding hydrogens is 439 g/mol. The Bertz CT molecular complexity index is 983. The Balaban J connectivity index is 0.00000341. The van der Waals surface area contributed by atoms with E-state index in [4.69, 9.17) is 26.8 Å². The van der Waals surface area contributed by atoms with Crippen molar-refractivity contribution in [2.75, 3.05) is 23.0 Å². The molecule has 164 valence electrons. The van der Waals surface area contributed by atoms with Gasteiger partial charge in [0.15, 0.2) is 0 Å². The van der Waals surface area contributed by atoms with E-state index >= 15 is 0 Å². The summed E-state index contributed by atoms with van der Waals surface area (Å²) in [5.41, 5.74) is 8.55. The quantitative estimate of drug-likeness (QED) is 0.470. The van der Waals surface area contributed by atoms with E-state index in [0.29, 0.717) is 36.3 Å². The molecule has 0 bridgehead atoms. The van der Waals surface area contributed by atoms with Crippen molar-refractivity contribution in [3.05, 3.63) is 76.8 Å². The normalized spacial score (nSPS) is 10.0. The molecule has 0 aliphatic heterocycles. The molecule has 0 atom stereocenters. The topological polar surface area (TPSA) is 99.8 Å². The van der Waals surface area contributed by atoms with Crippen molar-refractivity contribution in [1.29, 1.82) is 0 Å². The number of nitrogens with two attached hydrogens (primary N) is 1. The number of nitrogen functional groups attached to an aromatic ring is 1. The summed E-state index contributed by atoms with van der Waals surface area (Å²) in [4.78, 5) is 14.5. The maximum absolute atomic E-state index is 11.5. The molecule has 3 aromatic rings. The highest BCUT2D eigenvalue weighted by molar-refractivity contribution is 6.30. The zero-order chi connectivity index (χ0) is 21.3. The van der Waals surface area contributed by atoms with Crippen LogP contribution in [0.5, 0.6) is 5.75 Å². The average molecular weight is 463 g/mol. The standard InChI is InChI=1S/C22H23ClN4O3.ClH/c1-2-29-22(28)26-19-11-12-20(27-21(19)24)25-13-15-5-9-18(10-6-15)30-14-16-3-7-17(23)8-4-16;/h3-12H,2,13-14H2,1H3,(H,26,28)(H3,24,25,27);1H. The lowest BCUT2D eigenvalue weighted by Gasteiger charge is -2.09. The summed E-state index contributed by atoms with van der Waals surface area (Å²) >= 11 is 5.89. The van der Waals surface area contributed by atoms with E-state index in [2.05, 4.69) is 15.6 Å². The van der Waals surface area contributed by atoms with Crippen LogP contribution in [0.15, 0.2) is 60.7 Å². The van der Waals surface area contributed by atoms with Gasteiger partial charge in [-0.3, -0.25) is 5.32 Å². The summed E-state index contributed by atoms with van der Waals surface area (Å²) in [5.74, 6) is 1.85. The van der Waals surface area contributed by atoms with Gasteiger partial charge in [0.25, 0.3) is 0 Å². The highest BCUT2D eigenvalue weighted by Gasteiger charge is 2.10. The number of benzene rings is 2. The molecule has 5 N–H and O–H groups in total. The van der Waals surface area contributed by atoms with E-state index in [-0.39, 0.29) is 12.4 Å². The molecule has 0 aliphatic rings. The van der Waals surface area contributed by atoms with Gasteiger partial charge in [0.2, 0.25) is 11.6 Å². The third-order valence-electron chi connectivity index (χ3n) is 4.21. The fourth-order valence-electron chi connectivity index (χ4n) is 2.65. The minimum absolute atomic E-state index is 0. The molecule has 9 heteroatoms. The van der Waals surface area contributed by atoms with E-state index in [1.54, 1.807) is 19.1 Å². The fourth-order valence-corrected chi connectivity index (χ4v) is 2.77. The number of hydrogen-bond donors (Lipinski definition) is 3. The van der Waals surface area contributed by atoms with Gasteiger partial charge in [-0.1, -0.05) is 35.9 Å². The number of halogens is 2. The molecule has 0 radical (unpaired) electrons. The summed E-state index contributed by atoms with van der Waals surface area (Å²) in [7, 11) is 0. The highest BCUT2D eigenvalue weighted by Crippen LogP contribution is 2.18. The lowest BCUT2D eigenvalue weighted by Crippen LogP contribution is -3.00. The Morgan fingerprint density at radius 2 is 1.71 bits per heavy atom. The first-order chi connectivity index (χ1) is 14.5. The van der Waals surface area contributed by atoms with Crippen molar-refractivity contribution in [3.63, 3.8) is 0 Å². The maximum atomic E-state index is 11.5. The smallest absolute Gasteiger partial charge is 0.411 e. The number of aromatic amines is 1. The van der Waals surface area contributed by atoms with Crippen LogP contribution in [0.2, 0.25) is 5.02 Å². The van der Waals surface area contributed by atoms with Crippen molar-refractivity contribution in [2.45, 2.75) is 20.1 Å². The van der Waals surface area contributed by atoms with E-state index < -0.39 is 6.09 Å². The number of pyridine rings is 1. The van der Waals surface area contributed by atoms with Crippen molar-refractivity contribution >= 4 is 35.0 Å².